The number of ether oxygens (including phenoxy) is 2. The average molecular weight is 809 g/mol. The Morgan fingerprint density at radius 3 is 2.33 bits per heavy atom. The number of halogens is 1. The summed E-state index contributed by atoms with van der Waals surface area (Å²) in [6, 6.07) is 11.7. The molecule has 8 rings (SSSR count). The maximum atomic E-state index is 13.2. The van der Waals surface area contributed by atoms with Crippen molar-refractivity contribution in [1.29, 1.82) is 5.26 Å². The zero-order valence-corrected chi connectivity index (χ0v) is 33.1. The molecule has 2 saturated heterocycles. The predicted octanol–water partition coefficient (Wildman–Crippen LogP) is 4.28. The summed E-state index contributed by atoms with van der Waals surface area (Å²) in [4.78, 5) is 77.9. The number of hydrogen-bond acceptors (Lipinski definition) is 12. The largest absolute Gasteiger partial charge is 0.490 e. The number of rotatable bonds is 12. The van der Waals surface area contributed by atoms with Crippen LogP contribution >= 0.6 is 11.6 Å². The summed E-state index contributed by atoms with van der Waals surface area (Å²) in [5.74, 6) is -0.0388. The third-order valence-electron chi connectivity index (χ3n) is 11.9. The van der Waals surface area contributed by atoms with E-state index >= 15 is 0 Å². The lowest BCUT2D eigenvalue weighted by Crippen LogP contribution is -2.58. The van der Waals surface area contributed by atoms with Gasteiger partial charge in [0.25, 0.3) is 17.7 Å². The Hall–Kier alpha value is -5.59. The van der Waals surface area contributed by atoms with Crippen LogP contribution in [-0.2, 0) is 9.59 Å². The van der Waals surface area contributed by atoms with Gasteiger partial charge in [0.05, 0.1) is 40.2 Å². The number of imide groups is 2. The number of carbonyl (C=O) groups excluding carboxylic acids is 5. The van der Waals surface area contributed by atoms with Gasteiger partial charge in [-0.05, 0) is 76.3 Å². The van der Waals surface area contributed by atoms with Gasteiger partial charge in [0.15, 0.2) is 0 Å². The lowest BCUT2D eigenvalue weighted by Gasteiger charge is -2.49. The summed E-state index contributed by atoms with van der Waals surface area (Å²) in [7, 11) is 0. The molecular weight excluding hydrogens is 764 g/mol. The number of carbonyl (C=O) groups is 5. The molecule has 2 N–H and O–H groups in total. The number of aromatic nitrogens is 2. The van der Waals surface area contributed by atoms with Crippen LogP contribution in [0.3, 0.4) is 0 Å². The highest BCUT2D eigenvalue weighted by Gasteiger charge is 2.45. The van der Waals surface area contributed by atoms with Gasteiger partial charge < -0.3 is 19.7 Å². The molecule has 0 radical (unpaired) electrons. The van der Waals surface area contributed by atoms with Crippen LogP contribution < -0.4 is 25.0 Å². The topological polar surface area (TPSA) is 187 Å². The van der Waals surface area contributed by atoms with Crippen molar-refractivity contribution in [3.05, 3.63) is 76.2 Å². The number of nitriles is 1. The van der Waals surface area contributed by atoms with E-state index in [1.165, 1.54) is 0 Å². The molecule has 4 fully saturated rings. The standard InChI is InChI=1S/C42H45ClN8O7/c1-23(2)50(27-13-31(14-27)58-29-9-10-32-33(15-29)42(56)51(41(32)55)36-11-12-38(52)48-40(36)54)22-24-20-49(21-24)37-19-45-35(18-46-37)39(53)47-26-4-7-28(8-5-26)57-30-6-3-25(17-44)34(43)16-30/h3,6,9-10,15-16,18-19,23-24,26-28,31,36H,4-5,7-8,11-14,20-22H2,1-2H3,(H,47,53)(H,48,52,54). The molecule has 2 aliphatic carbocycles. The van der Waals surface area contributed by atoms with Gasteiger partial charge in [-0.2, -0.15) is 5.26 Å². The van der Waals surface area contributed by atoms with E-state index in [-0.39, 0.29) is 53.8 Å². The van der Waals surface area contributed by atoms with E-state index in [1.54, 1.807) is 48.8 Å². The first-order valence-corrected chi connectivity index (χ1v) is 20.3. The Morgan fingerprint density at radius 1 is 0.948 bits per heavy atom. The van der Waals surface area contributed by atoms with Crippen molar-refractivity contribution in [2.24, 2.45) is 5.92 Å². The van der Waals surface area contributed by atoms with Gasteiger partial charge in [-0.1, -0.05) is 11.6 Å². The monoisotopic (exact) mass is 808 g/mol. The zero-order chi connectivity index (χ0) is 40.7. The van der Waals surface area contributed by atoms with Crippen LogP contribution in [0.4, 0.5) is 5.82 Å². The van der Waals surface area contributed by atoms with E-state index in [1.807, 2.05) is 6.07 Å². The highest BCUT2D eigenvalue weighted by Crippen LogP contribution is 2.36. The van der Waals surface area contributed by atoms with Gasteiger partial charge in [0, 0.05) is 69.0 Å². The highest BCUT2D eigenvalue weighted by atomic mass is 35.5. The van der Waals surface area contributed by atoms with E-state index in [9.17, 15) is 24.0 Å². The van der Waals surface area contributed by atoms with E-state index in [2.05, 4.69) is 44.2 Å². The summed E-state index contributed by atoms with van der Waals surface area (Å²) in [6.45, 7) is 7.01. The van der Waals surface area contributed by atoms with Gasteiger partial charge in [0.2, 0.25) is 11.8 Å². The number of nitrogens with zero attached hydrogens (tertiary/aromatic N) is 6. The second-order valence-electron chi connectivity index (χ2n) is 16.2. The molecule has 5 amide bonds. The second kappa shape index (κ2) is 16.3. The van der Waals surface area contributed by atoms with Crippen LogP contribution in [0.5, 0.6) is 11.5 Å². The summed E-state index contributed by atoms with van der Waals surface area (Å²) < 4.78 is 12.3. The van der Waals surface area contributed by atoms with E-state index in [0.29, 0.717) is 40.1 Å². The lowest BCUT2D eigenvalue weighted by molar-refractivity contribution is -0.136. The molecule has 302 valence electrons. The second-order valence-corrected chi connectivity index (χ2v) is 16.6. The third kappa shape index (κ3) is 8.08. The molecule has 58 heavy (non-hydrogen) atoms. The van der Waals surface area contributed by atoms with Crippen molar-refractivity contribution < 1.29 is 33.4 Å². The maximum Gasteiger partial charge on any atom is 0.271 e. The molecule has 3 aliphatic heterocycles. The van der Waals surface area contributed by atoms with Gasteiger partial charge in [0.1, 0.15) is 41.2 Å². The smallest absolute Gasteiger partial charge is 0.271 e. The summed E-state index contributed by atoms with van der Waals surface area (Å²) >= 11 is 6.14. The first kappa shape index (κ1) is 39.2. The molecule has 0 spiro atoms. The van der Waals surface area contributed by atoms with Crippen molar-refractivity contribution in [2.45, 2.75) is 102 Å². The van der Waals surface area contributed by atoms with Crippen LogP contribution in [0.25, 0.3) is 0 Å². The number of amides is 5. The summed E-state index contributed by atoms with van der Waals surface area (Å²) in [6.07, 6.45) is 8.15. The van der Waals surface area contributed by atoms with Crippen molar-refractivity contribution in [2.75, 3.05) is 24.5 Å². The quantitative estimate of drug-likeness (QED) is 0.248. The molecule has 2 saturated carbocycles. The Bertz CT molecular complexity index is 2160. The molecule has 15 nitrogen and oxygen atoms in total. The van der Waals surface area contributed by atoms with E-state index in [4.69, 9.17) is 26.3 Å². The number of hydrogen-bond donors (Lipinski definition) is 2. The number of anilines is 1. The molecule has 16 heteroatoms. The van der Waals surface area contributed by atoms with E-state index < -0.39 is 29.7 Å². The van der Waals surface area contributed by atoms with Crippen LogP contribution in [0, 0.1) is 17.2 Å². The van der Waals surface area contributed by atoms with Crippen LogP contribution in [0.15, 0.2) is 48.8 Å². The van der Waals surface area contributed by atoms with E-state index in [0.717, 1.165) is 68.9 Å². The molecule has 5 aliphatic rings. The Morgan fingerprint density at radius 2 is 1.66 bits per heavy atom. The van der Waals surface area contributed by atoms with Crippen LogP contribution in [-0.4, -0.2) is 105 Å². The number of fused-ring (bicyclic) bond motifs is 1. The van der Waals surface area contributed by atoms with Crippen molar-refractivity contribution in [3.8, 4) is 17.6 Å². The van der Waals surface area contributed by atoms with Crippen molar-refractivity contribution in [3.63, 3.8) is 0 Å². The first-order valence-electron chi connectivity index (χ1n) is 20.0. The normalized spacial score (nSPS) is 24.5. The summed E-state index contributed by atoms with van der Waals surface area (Å²) in [5, 5.41) is 14.8. The third-order valence-corrected chi connectivity index (χ3v) is 12.2. The minimum absolute atomic E-state index is 0.0121. The minimum atomic E-state index is -1.01. The molecule has 2 aromatic carbocycles. The van der Waals surface area contributed by atoms with Crippen molar-refractivity contribution in [1.82, 2.24) is 30.4 Å². The van der Waals surface area contributed by atoms with Crippen LogP contribution in [0.1, 0.15) is 102 Å². The fraction of sp³-hybridized carbons (Fsp3) is 0.476. The van der Waals surface area contributed by atoms with Crippen LogP contribution in [0.2, 0.25) is 5.02 Å². The molecule has 3 aromatic rings. The summed E-state index contributed by atoms with van der Waals surface area (Å²) in [5.41, 5.74) is 1.13. The van der Waals surface area contributed by atoms with Gasteiger partial charge >= 0.3 is 0 Å². The number of piperidine rings is 1. The zero-order valence-electron chi connectivity index (χ0n) is 32.4. The predicted molar refractivity (Wildman–Crippen MR) is 210 cm³/mol. The molecular formula is C42H45ClN8O7. The fourth-order valence-corrected chi connectivity index (χ4v) is 8.82. The van der Waals surface area contributed by atoms with Gasteiger partial charge in [-0.25, -0.2) is 9.97 Å². The van der Waals surface area contributed by atoms with Gasteiger partial charge in [-0.15, -0.1) is 0 Å². The molecule has 4 heterocycles. The molecule has 1 aromatic heterocycles. The number of nitrogens with one attached hydrogen (secondary N) is 2. The molecule has 0 bridgehead atoms. The Labute approximate surface area is 341 Å². The lowest BCUT2D eigenvalue weighted by atomic mass is 9.85. The highest BCUT2D eigenvalue weighted by molar-refractivity contribution is 6.31. The Balaban J connectivity index is 0.762. The number of benzene rings is 2. The Kier molecular flexibility index (Phi) is 11.1. The molecule has 1 atom stereocenters. The van der Waals surface area contributed by atoms with Crippen molar-refractivity contribution >= 4 is 47.0 Å². The molecule has 1 unspecified atom stereocenters. The van der Waals surface area contributed by atoms with Gasteiger partial charge in [-0.3, -0.25) is 39.1 Å². The fourth-order valence-electron chi connectivity index (χ4n) is 8.61. The first-order chi connectivity index (χ1) is 27.9. The SMILES string of the molecule is CC(C)N(CC1CN(c2cnc(C(=O)NC3CCC(Oc4ccc(C#N)c(Cl)c4)CC3)cn2)C1)C1CC(Oc2ccc3c(c2)C(=O)N(C2CCC(=O)NC2=O)C3=O)C1. The minimum Gasteiger partial charge on any atom is -0.490 e. The maximum absolute atomic E-state index is 13.2. The average Bonchev–Trinajstić information content (AvgIpc) is 3.41.